The number of sulfonamides is 1. The Balaban J connectivity index is 1.71. The Morgan fingerprint density at radius 1 is 1.15 bits per heavy atom. The summed E-state index contributed by atoms with van der Waals surface area (Å²) >= 11 is 1.65. The highest BCUT2D eigenvalue weighted by Crippen LogP contribution is 2.27. The molecule has 2 aromatic carbocycles. The molecule has 172 valence electrons. The lowest BCUT2D eigenvalue weighted by atomic mass is 10.1. The Morgan fingerprint density at radius 3 is 2.58 bits per heavy atom. The average Bonchev–Trinajstić information content (AvgIpc) is 3.39. The van der Waals surface area contributed by atoms with Crippen LogP contribution in [0, 0.1) is 6.92 Å². The SMILES string of the molecule is CCn1c(C)nc2cc(NS(=O)(=O)c3ccccc3)cc(C(=O)N[C@H](C)Cc3cccs3)c21. The van der Waals surface area contributed by atoms with E-state index in [-0.39, 0.29) is 16.8 Å². The van der Waals surface area contributed by atoms with Crippen LogP contribution < -0.4 is 10.0 Å². The minimum atomic E-state index is -3.81. The maximum absolute atomic E-state index is 13.3. The van der Waals surface area contributed by atoms with E-state index in [0.29, 0.717) is 28.8 Å². The summed E-state index contributed by atoms with van der Waals surface area (Å²) in [5.41, 5.74) is 1.94. The van der Waals surface area contributed by atoms with Crippen LogP contribution in [0.25, 0.3) is 11.0 Å². The molecule has 4 rings (SSSR count). The van der Waals surface area contributed by atoms with Crippen molar-refractivity contribution in [3.05, 3.63) is 76.2 Å². The summed E-state index contributed by atoms with van der Waals surface area (Å²) in [6.45, 7) is 6.46. The molecule has 0 aliphatic carbocycles. The Hall–Kier alpha value is -3.17. The number of hydrogen-bond donors (Lipinski definition) is 2. The molecule has 4 aromatic rings. The maximum Gasteiger partial charge on any atom is 0.261 e. The zero-order valence-corrected chi connectivity index (χ0v) is 20.3. The van der Waals surface area contributed by atoms with Crippen molar-refractivity contribution in [1.82, 2.24) is 14.9 Å². The van der Waals surface area contributed by atoms with Crippen LogP contribution in [0.2, 0.25) is 0 Å². The molecular weight excluding hydrogens is 456 g/mol. The molecule has 0 saturated heterocycles. The predicted molar refractivity (Wildman–Crippen MR) is 132 cm³/mol. The number of carbonyl (C=O) groups excluding carboxylic acids is 1. The number of carbonyl (C=O) groups is 1. The van der Waals surface area contributed by atoms with Gasteiger partial charge in [0.15, 0.2) is 0 Å². The second-order valence-corrected chi connectivity index (χ2v) is 10.6. The van der Waals surface area contributed by atoms with Crippen LogP contribution in [-0.4, -0.2) is 29.9 Å². The van der Waals surface area contributed by atoms with E-state index in [4.69, 9.17) is 0 Å². The van der Waals surface area contributed by atoms with Crippen molar-refractivity contribution in [2.45, 2.75) is 44.7 Å². The van der Waals surface area contributed by atoms with Gasteiger partial charge >= 0.3 is 0 Å². The topological polar surface area (TPSA) is 93.1 Å². The van der Waals surface area contributed by atoms with Crippen molar-refractivity contribution < 1.29 is 13.2 Å². The summed E-state index contributed by atoms with van der Waals surface area (Å²) in [6.07, 6.45) is 0.721. The molecule has 1 atom stereocenters. The second kappa shape index (κ2) is 9.36. The van der Waals surface area contributed by atoms with E-state index in [9.17, 15) is 13.2 Å². The molecule has 0 aliphatic heterocycles. The molecule has 2 heterocycles. The minimum absolute atomic E-state index is 0.0880. The van der Waals surface area contributed by atoms with Crippen molar-refractivity contribution in [2.75, 3.05) is 4.72 Å². The second-order valence-electron chi connectivity index (χ2n) is 7.87. The van der Waals surface area contributed by atoms with Gasteiger partial charge in [-0.2, -0.15) is 0 Å². The number of hydrogen-bond acceptors (Lipinski definition) is 5. The van der Waals surface area contributed by atoms with E-state index in [1.807, 2.05) is 42.9 Å². The first kappa shape index (κ1) is 23.0. The van der Waals surface area contributed by atoms with Crippen LogP contribution in [0.1, 0.15) is 34.9 Å². The van der Waals surface area contributed by atoms with E-state index in [1.54, 1.807) is 41.7 Å². The minimum Gasteiger partial charge on any atom is -0.349 e. The lowest BCUT2D eigenvalue weighted by Gasteiger charge is -2.16. The summed E-state index contributed by atoms with van der Waals surface area (Å²) in [6, 6.07) is 15.3. The number of amides is 1. The lowest BCUT2D eigenvalue weighted by molar-refractivity contribution is 0.0941. The van der Waals surface area contributed by atoms with Crippen molar-refractivity contribution >= 4 is 44.0 Å². The van der Waals surface area contributed by atoms with Crippen LogP contribution in [0.15, 0.2) is 64.9 Å². The zero-order chi connectivity index (χ0) is 23.6. The number of thiophene rings is 1. The number of nitrogens with one attached hydrogen (secondary N) is 2. The Kier molecular flexibility index (Phi) is 6.53. The number of nitrogens with zero attached hydrogens (tertiary/aromatic N) is 2. The summed E-state index contributed by atoms with van der Waals surface area (Å²) in [7, 11) is -3.81. The number of aryl methyl sites for hydroxylation is 2. The van der Waals surface area contributed by atoms with Crippen molar-refractivity contribution in [2.24, 2.45) is 0 Å². The largest absolute Gasteiger partial charge is 0.349 e. The van der Waals surface area contributed by atoms with Gasteiger partial charge in [0, 0.05) is 23.9 Å². The Morgan fingerprint density at radius 2 is 1.91 bits per heavy atom. The number of fused-ring (bicyclic) bond motifs is 1. The first-order valence-electron chi connectivity index (χ1n) is 10.7. The van der Waals surface area contributed by atoms with E-state index in [0.717, 1.165) is 12.2 Å². The fourth-order valence-corrected chi connectivity index (χ4v) is 5.80. The van der Waals surface area contributed by atoms with Gasteiger partial charge in [0.1, 0.15) is 5.82 Å². The molecule has 2 aromatic heterocycles. The van der Waals surface area contributed by atoms with Gasteiger partial charge in [-0.15, -0.1) is 11.3 Å². The van der Waals surface area contributed by atoms with Crippen molar-refractivity contribution in [3.63, 3.8) is 0 Å². The highest BCUT2D eigenvalue weighted by atomic mass is 32.2. The molecule has 0 unspecified atom stereocenters. The molecule has 33 heavy (non-hydrogen) atoms. The van der Waals surface area contributed by atoms with Crippen LogP contribution in [0.5, 0.6) is 0 Å². The summed E-state index contributed by atoms with van der Waals surface area (Å²) in [5, 5.41) is 5.07. The Labute approximate surface area is 197 Å². The fraction of sp³-hybridized carbons (Fsp3) is 0.250. The van der Waals surface area contributed by atoms with E-state index >= 15 is 0 Å². The fourth-order valence-electron chi connectivity index (χ4n) is 3.90. The van der Waals surface area contributed by atoms with E-state index in [1.165, 1.54) is 17.0 Å². The molecule has 0 spiro atoms. The summed E-state index contributed by atoms with van der Waals surface area (Å²) in [5.74, 6) is 0.496. The third-order valence-corrected chi connectivity index (χ3v) is 7.66. The number of rotatable bonds is 8. The number of benzene rings is 2. The molecule has 0 radical (unpaired) electrons. The van der Waals surface area contributed by atoms with Gasteiger partial charge in [-0.25, -0.2) is 13.4 Å². The molecule has 0 bridgehead atoms. The van der Waals surface area contributed by atoms with Crippen LogP contribution in [0.4, 0.5) is 5.69 Å². The van der Waals surface area contributed by atoms with Crippen molar-refractivity contribution in [1.29, 1.82) is 0 Å². The standard InChI is InChI=1S/C24H26N4O3S2/c1-4-28-17(3)26-22-15-18(27-33(30,31)20-10-6-5-7-11-20)14-21(23(22)28)24(29)25-16(2)13-19-9-8-12-32-19/h5-12,14-16,27H,4,13H2,1-3H3,(H,25,29)/t16-/m1/s1. The first-order valence-corrected chi connectivity index (χ1v) is 13.1. The lowest BCUT2D eigenvalue weighted by Crippen LogP contribution is -2.34. The molecule has 9 heteroatoms. The van der Waals surface area contributed by atoms with Gasteiger partial charge < -0.3 is 9.88 Å². The van der Waals surface area contributed by atoms with Gasteiger partial charge in [-0.05, 0) is 56.5 Å². The van der Waals surface area contributed by atoms with Gasteiger partial charge in [0.2, 0.25) is 0 Å². The number of anilines is 1. The number of aromatic nitrogens is 2. The van der Waals surface area contributed by atoms with Crippen LogP contribution >= 0.6 is 11.3 Å². The zero-order valence-electron chi connectivity index (χ0n) is 18.7. The quantitative estimate of drug-likeness (QED) is 0.384. The molecule has 1 amide bonds. The number of imidazole rings is 1. The normalized spacial score (nSPS) is 12.6. The third-order valence-electron chi connectivity index (χ3n) is 5.36. The predicted octanol–water partition coefficient (Wildman–Crippen LogP) is 4.59. The smallest absolute Gasteiger partial charge is 0.261 e. The molecule has 0 saturated carbocycles. The van der Waals surface area contributed by atoms with Gasteiger partial charge in [-0.3, -0.25) is 9.52 Å². The molecule has 0 aliphatic rings. The first-order chi connectivity index (χ1) is 15.8. The van der Waals surface area contributed by atoms with E-state index < -0.39 is 10.0 Å². The van der Waals surface area contributed by atoms with Gasteiger partial charge in [0.25, 0.3) is 15.9 Å². The molecule has 0 fully saturated rings. The van der Waals surface area contributed by atoms with Crippen LogP contribution in [0.3, 0.4) is 0 Å². The highest BCUT2D eigenvalue weighted by Gasteiger charge is 2.22. The van der Waals surface area contributed by atoms with Crippen molar-refractivity contribution in [3.8, 4) is 0 Å². The molecular formula is C24H26N4O3S2. The highest BCUT2D eigenvalue weighted by molar-refractivity contribution is 7.92. The summed E-state index contributed by atoms with van der Waals surface area (Å²) in [4.78, 5) is 19.3. The van der Waals surface area contributed by atoms with Crippen LogP contribution in [-0.2, 0) is 23.0 Å². The molecule has 2 N–H and O–H groups in total. The summed E-state index contributed by atoms with van der Waals surface area (Å²) < 4.78 is 30.3. The van der Waals surface area contributed by atoms with Gasteiger partial charge in [-0.1, -0.05) is 24.3 Å². The third kappa shape index (κ3) is 4.94. The van der Waals surface area contributed by atoms with E-state index in [2.05, 4.69) is 15.0 Å². The Bertz CT molecular complexity index is 1380. The average molecular weight is 483 g/mol. The van der Waals surface area contributed by atoms with Gasteiger partial charge in [0.05, 0.1) is 27.2 Å². The monoisotopic (exact) mass is 482 g/mol. The maximum atomic E-state index is 13.3. The molecule has 7 nitrogen and oxygen atoms in total.